The molecule has 4 nitrogen and oxygen atoms in total. The molecule has 0 bridgehead atoms. The van der Waals surface area contributed by atoms with E-state index in [0.717, 1.165) is 0 Å². The van der Waals surface area contributed by atoms with E-state index < -0.39 is 0 Å². The smallest absolute Gasteiger partial charge is 0.0736 e. The highest BCUT2D eigenvalue weighted by molar-refractivity contribution is 5.70. The van der Waals surface area contributed by atoms with Gasteiger partial charge in [-0.25, -0.2) is 0 Å². The zero-order chi connectivity index (χ0) is 11.6. The highest BCUT2D eigenvalue weighted by Gasteiger charge is 1.94. The number of nitrogen functional groups attached to an aromatic ring is 3. The van der Waals surface area contributed by atoms with Crippen LogP contribution in [0.1, 0.15) is 27.7 Å². The number of rotatable bonds is 1. The Hall–Kier alpha value is -1.42. The molecule has 0 radical (unpaired) electrons. The fourth-order valence-corrected chi connectivity index (χ4v) is 0.699. The molecule has 1 aromatic carbocycles. The van der Waals surface area contributed by atoms with Crippen LogP contribution in [0.25, 0.3) is 0 Å². The summed E-state index contributed by atoms with van der Waals surface area (Å²) >= 11 is 0. The molecule has 0 fully saturated rings. The summed E-state index contributed by atoms with van der Waals surface area (Å²) in [6, 6.07) is 5.09. The normalized spacial score (nSPS) is 7.50. The molecule has 0 atom stereocenters. The van der Waals surface area contributed by atoms with Crippen molar-refractivity contribution < 1.29 is 0 Å². The van der Waals surface area contributed by atoms with Crippen LogP contribution in [0.5, 0.6) is 0 Å². The minimum absolute atomic E-state index is 0.594. The van der Waals surface area contributed by atoms with Crippen LogP contribution in [-0.4, -0.2) is 0 Å². The van der Waals surface area contributed by atoms with Crippen molar-refractivity contribution in [3.8, 4) is 0 Å². The Kier molecular flexibility index (Phi) is 10.4. The summed E-state index contributed by atoms with van der Waals surface area (Å²) in [5.41, 5.74) is 15.3. The van der Waals surface area contributed by atoms with Crippen molar-refractivity contribution in [2.75, 3.05) is 16.9 Å². The standard InChI is InChI=1S/C6H10N4.2C2H6/c7-4-1-2-5(8)6(3-4)10-9;2*1-2/h1-3,10H,7-9H2;2*1-2H3. The zero-order valence-corrected chi connectivity index (χ0v) is 9.46. The van der Waals surface area contributed by atoms with Gasteiger partial charge in [-0.15, -0.1) is 0 Å². The van der Waals surface area contributed by atoms with Crippen molar-refractivity contribution in [2.24, 2.45) is 5.84 Å². The van der Waals surface area contributed by atoms with Crippen LogP contribution in [-0.2, 0) is 0 Å². The van der Waals surface area contributed by atoms with Gasteiger partial charge in [0.05, 0.1) is 11.4 Å². The van der Waals surface area contributed by atoms with Gasteiger partial charge in [0, 0.05) is 5.69 Å². The molecule has 0 aliphatic rings. The van der Waals surface area contributed by atoms with Crippen molar-refractivity contribution >= 4 is 17.1 Å². The van der Waals surface area contributed by atoms with Gasteiger partial charge >= 0.3 is 0 Å². The molecule has 1 aromatic rings. The summed E-state index contributed by atoms with van der Waals surface area (Å²) in [6.45, 7) is 8.00. The molecule has 0 saturated carbocycles. The molecule has 0 unspecified atom stereocenters. The van der Waals surface area contributed by atoms with Gasteiger partial charge in [0.2, 0.25) is 0 Å². The van der Waals surface area contributed by atoms with Crippen molar-refractivity contribution in [3.63, 3.8) is 0 Å². The lowest BCUT2D eigenvalue weighted by atomic mass is 10.2. The van der Waals surface area contributed by atoms with E-state index >= 15 is 0 Å². The van der Waals surface area contributed by atoms with Gasteiger partial charge in [-0.2, -0.15) is 0 Å². The first-order chi connectivity index (χ1) is 6.74. The van der Waals surface area contributed by atoms with E-state index in [0.29, 0.717) is 17.1 Å². The predicted octanol–water partition coefficient (Wildman–Crippen LogP) is 2.19. The number of nitrogens with one attached hydrogen (secondary N) is 1. The van der Waals surface area contributed by atoms with E-state index in [2.05, 4.69) is 5.43 Å². The predicted molar refractivity (Wildman–Crippen MR) is 65.8 cm³/mol. The van der Waals surface area contributed by atoms with E-state index in [-0.39, 0.29) is 0 Å². The van der Waals surface area contributed by atoms with Crippen molar-refractivity contribution in [1.29, 1.82) is 0 Å². The van der Waals surface area contributed by atoms with E-state index in [1.165, 1.54) is 0 Å². The maximum Gasteiger partial charge on any atom is 0.0736 e. The number of anilines is 3. The van der Waals surface area contributed by atoms with Gasteiger partial charge in [-0.05, 0) is 18.2 Å². The average molecular weight is 198 g/mol. The Morgan fingerprint density at radius 3 is 1.86 bits per heavy atom. The van der Waals surface area contributed by atoms with Gasteiger partial charge in [0.25, 0.3) is 0 Å². The zero-order valence-electron chi connectivity index (χ0n) is 9.46. The first-order valence-electron chi connectivity index (χ1n) is 4.85. The van der Waals surface area contributed by atoms with Crippen LogP contribution < -0.4 is 22.7 Å². The van der Waals surface area contributed by atoms with Crippen LogP contribution in [0.3, 0.4) is 0 Å². The first-order valence-corrected chi connectivity index (χ1v) is 4.85. The summed E-state index contributed by atoms with van der Waals surface area (Å²) in [5.74, 6) is 5.13. The summed E-state index contributed by atoms with van der Waals surface area (Å²) in [7, 11) is 0. The molecule has 4 heteroatoms. The first kappa shape index (κ1) is 15.1. The third-order valence-electron chi connectivity index (χ3n) is 1.23. The van der Waals surface area contributed by atoms with E-state index in [1.807, 2.05) is 27.7 Å². The molecular formula is C10H22N4. The van der Waals surface area contributed by atoms with Crippen LogP contribution in [0, 0.1) is 0 Å². The van der Waals surface area contributed by atoms with Gasteiger partial charge in [0.1, 0.15) is 0 Å². The molecule has 7 N–H and O–H groups in total. The highest BCUT2D eigenvalue weighted by atomic mass is 15.2. The summed E-state index contributed by atoms with van der Waals surface area (Å²) in [6.07, 6.45) is 0. The molecule has 0 aliphatic heterocycles. The van der Waals surface area contributed by atoms with Gasteiger partial charge in [0.15, 0.2) is 0 Å². The Morgan fingerprint density at radius 1 is 1.00 bits per heavy atom. The second-order valence-electron chi connectivity index (χ2n) is 1.99. The minimum atomic E-state index is 0.594. The second-order valence-corrected chi connectivity index (χ2v) is 1.99. The van der Waals surface area contributed by atoms with Gasteiger partial charge in [-0.1, -0.05) is 27.7 Å². The Balaban J connectivity index is 0. The second kappa shape index (κ2) is 9.67. The number of hydrogen-bond donors (Lipinski definition) is 4. The molecular weight excluding hydrogens is 176 g/mol. The lowest BCUT2D eigenvalue weighted by molar-refractivity contribution is 1.35. The highest BCUT2D eigenvalue weighted by Crippen LogP contribution is 2.19. The SMILES string of the molecule is CC.CC.NNc1cc(N)ccc1N. The molecule has 1 rings (SSSR count). The Bertz CT molecular complexity index is 236. The van der Waals surface area contributed by atoms with Crippen molar-refractivity contribution in [2.45, 2.75) is 27.7 Å². The molecule has 0 saturated heterocycles. The number of benzene rings is 1. The van der Waals surface area contributed by atoms with Crippen LogP contribution in [0.15, 0.2) is 18.2 Å². The maximum atomic E-state index is 5.50. The third-order valence-corrected chi connectivity index (χ3v) is 1.23. The quantitative estimate of drug-likeness (QED) is 0.316. The fraction of sp³-hybridized carbons (Fsp3) is 0.400. The lowest BCUT2D eigenvalue weighted by Gasteiger charge is -2.03. The summed E-state index contributed by atoms with van der Waals surface area (Å²) in [4.78, 5) is 0. The monoisotopic (exact) mass is 198 g/mol. The Morgan fingerprint density at radius 2 is 1.50 bits per heavy atom. The minimum Gasteiger partial charge on any atom is -0.399 e. The van der Waals surface area contributed by atoms with Crippen LogP contribution in [0.2, 0.25) is 0 Å². The number of hydrogen-bond acceptors (Lipinski definition) is 4. The fourth-order valence-electron chi connectivity index (χ4n) is 0.699. The third kappa shape index (κ3) is 5.27. The average Bonchev–Trinajstić information content (AvgIpc) is 2.27. The largest absolute Gasteiger partial charge is 0.399 e. The summed E-state index contributed by atoms with van der Waals surface area (Å²) in [5, 5.41) is 0. The van der Waals surface area contributed by atoms with E-state index in [9.17, 15) is 0 Å². The molecule has 0 spiro atoms. The van der Waals surface area contributed by atoms with Crippen LogP contribution >= 0.6 is 0 Å². The van der Waals surface area contributed by atoms with Gasteiger partial charge in [-0.3, -0.25) is 5.84 Å². The van der Waals surface area contributed by atoms with Crippen LogP contribution in [0.4, 0.5) is 17.1 Å². The molecule has 82 valence electrons. The lowest BCUT2D eigenvalue weighted by Crippen LogP contribution is -2.09. The maximum absolute atomic E-state index is 5.50. The van der Waals surface area contributed by atoms with E-state index in [4.69, 9.17) is 17.3 Å². The molecule has 0 aliphatic carbocycles. The van der Waals surface area contributed by atoms with Crippen molar-refractivity contribution in [1.82, 2.24) is 0 Å². The molecule has 0 aromatic heterocycles. The van der Waals surface area contributed by atoms with E-state index in [1.54, 1.807) is 18.2 Å². The summed E-state index contributed by atoms with van der Waals surface area (Å²) < 4.78 is 0. The number of hydrazine groups is 1. The molecule has 0 heterocycles. The molecule has 14 heavy (non-hydrogen) atoms. The van der Waals surface area contributed by atoms with Gasteiger partial charge < -0.3 is 16.9 Å². The van der Waals surface area contributed by atoms with Crippen molar-refractivity contribution in [3.05, 3.63) is 18.2 Å². The molecule has 0 amide bonds. The Labute approximate surface area is 86.4 Å². The number of nitrogens with two attached hydrogens (primary N) is 3. The topological polar surface area (TPSA) is 90.1 Å².